The number of carbonyl (C=O) groups is 2. The molecule has 1 aromatic carbocycles. The number of benzene rings is 1. The first kappa shape index (κ1) is 18.6. The number of sulfone groups is 1. The van der Waals surface area contributed by atoms with Gasteiger partial charge in [0, 0.05) is 12.7 Å². The van der Waals surface area contributed by atoms with Gasteiger partial charge in [-0.05, 0) is 36.1 Å². The van der Waals surface area contributed by atoms with Crippen LogP contribution in [-0.4, -0.2) is 33.0 Å². The van der Waals surface area contributed by atoms with Gasteiger partial charge in [0.2, 0.25) is 0 Å². The van der Waals surface area contributed by atoms with Gasteiger partial charge in [-0.1, -0.05) is 17.7 Å². The smallest absolute Gasteiger partial charge is 0.339 e. The van der Waals surface area contributed by atoms with E-state index in [9.17, 15) is 18.0 Å². The third-order valence-electron chi connectivity index (χ3n) is 3.16. The summed E-state index contributed by atoms with van der Waals surface area (Å²) in [4.78, 5) is 24.5. The lowest BCUT2D eigenvalue weighted by molar-refractivity contribution is 0.0494. The normalized spacial score (nSPS) is 11.2. The Hall–Kier alpha value is -1.70. The molecule has 2 aromatic rings. The van der Waals surface area contributed by atoms with Gasteiger partial charge in [0.25, 0.3) is 0 Å². The second-order valence-electron chi connectivity index (χ2n) is 5.05. The Kier molecular flexibility index (Phi) is 6.15. The number of esters is 1. The van der Waals surface area contributed by atoms with Crippen LogP contribution >= 0.6 is 22.9 Å². The Morgan fingerprint density at radius 2 is 2.00 bits per heavy atom. The molecule has 0 N–H and O–H groups in total. The maximum absolute atomic E-state index is 12.0. The van der Waals surface area contributed by atoms with Gasteiger partial charge in [0.05, 0.1) is 27.0 Å². The van der Waals surface area contributed by atoms with Crippen molar-refractivity contribution in [2.24, 2.45) is 0 Å². The van der Waals surface area contributed by atoms with Crippen molar-refractivity contribution in [1.82, 2.24) is 0 Å². The minimum absolute atomic E-state index is 0.00171. The van der Waals surface area contributed by atoms with Gasteiger partial charge in [-0.2, -0.15) is 0 Å². The number of ether oxygens (including phenoxy) is 1. The number of carbonyl (C=O) groups excluding carboxylic acids is 2. The molecular weight excluding hydrogens is 372 g/mol. The molecule has 24 heavy (non-hydrogen) atoms. The molecule has 1 heterocycles. The van der Waals surface area contributed by atoms with Crippen LogP contribution in [0.2, 0.25) is 5.02 Å². The highest BCUT2D eigenvalue weighted by molar-refractivity contribution is 7.90. The topological polar surface area (TPSA) is 77.5 Å². The van der Waals surface area contributed by atoms with Crippen molar-refractivity contribution < 1.29 is 22.7 Å². The molecule has 0 aliphatic rings. The average Bonchev–Trinajstić information content (AvgIpc) is 3.04. The zero-order valence-corrected chi connectivity index (χ0v) is 15.2. The summed E-state index contributed by atoms with van der Waals surface area (Å²) in [5.41, 5.74) is -0.0100. The van der Waals surface area contributed by atoms with E-state index in [1.807, 2.05) is 5.38 Å². The monoisotopic (exact) mass is 386 g/mol. The summed E-state index contributed by atoms with van der Waals surface area (Å²) in [7, 11) is -3.45. The standard InChI is InChI=1S/C16H15ClO5S2/c1-24(20,21)11-6-7-13(17)12(10-11)16(19)22-8-2-4-14(18)15-5-3-9-23-15/h3,5-7,9-10H,2,4,8H2,1H3. The number of hydrogen-bond donors (Lipinski definition) is 0. The first-order chi connectivity index (χ1) is 11.3. The van der Waals surface area contributed by atoms with E-state index < -0.39 is 15.8 Å². The van der Waals surface area contributed by atoms with Crippen LogP contribution in [0.4, 0.5) is 0 Å². The van der Waals surface area contributed by atoms with Crippen LogP contribution in [-0.2, 0) is 14.6 Å². The van der Waals surface area contributed by atoms with E-state index >= 15 is 0 Å². The summed E-state index contributed by atoms with van der Waals surface area (Å²) in [6, 6.07) is 7.41. The van der Waals surface area contributed by atoms with E-state index in [0.717, 1.165) is 6.26 Å². The highest BCUT2D eigenvalue weighted by Gasteiger charge is 2.17. The number of hydrogen-bond acceptors (Lipinski definition) is 6. The van der Waals surface area contributed by atoms with Crippen LogP contribution < -0.4 is 0 Å². The Morgan fingerprint density at radius 1 is 1.25 bits per heavy atom. The Morgan fingerprint density at radius 3 is 2.62 bits per heavy atom. The summed E-state index contributed by atoms with van der Waals surface area (Å²) >= 11 is 7.29. The van der Waals surface area contributed by atoms with E-state index in [1.54, 1.807) is 12.1 Å². The zero-order chi connectivity index (χ0) is 17.7. The highest BCUT2D eigenvalue weighted by atomic mass is 35.5. The van der Waals surface area contributed by atoms with Crippen LogP contribution in [0.15, 0.2) is 40.6 Å². The van der Waals surface area contributed by atoms with E-state index in [0.29, 0.717) is 11.3 Å². The minimum Gasteiger partial charge on any atom is -0.462 e. The molecule has 0 saturated heterocycles. The first-order valence-corrected chi connectivity index (χ1v) is 10.2. The van der Waals surface area contributed by atoms with Crippen LogP contribution in [0.3, 0.4) is 0 Å². The quantitative estimate of drug-likeness (QED) is 0.412. The molecule has 8 heteroatoms. The predicted octanol–water partition coefficient (Wildman–Crippen LogP) is 3.62. The van der Waals surface area contributed by atoms with Gasteiger partial charge in [0.15, 0.2) is 15.6 Å². The van der Waals surface area contributed by atoms with Crippen molar-refractivity contribution in [3.8, 4) is 0 Å². The molecule has 0 spiro atoms. The molecule has 5 nitrogen and oxygen atoms in total. The second-order valence-corrected chi connectivity index (χ2v) is 8.42. The lowest BCUT2D eigenvalue weighted by Gasteiger charge is -2.07. The zero-order valence-electron chi connectivity index (χ0n) is 12.8. The van der Waals surface area contributed by atoms with Gasteiger partial charge >= 0.3 is 5.97 Å². The van der Waals surface area contributed by atoms with E-state index in [4.69, 9.17) is 16.3 Å². The molecule has 0 amide bonds. The third-order valence-corrected chi connectivity index (χ3v) is 5.51. The summed E-state index contributed by atoms with van der Waals surface area (Å²) < 4.78 is 28.1. The molecule has 0 aliphatic heterocycles. The van der Waals surface area contributed by atoms with E-state index in [-0.39, 0.29) is 34.3 Å². The molecule has 0 saturated carbocycles. The van der Waals surface area contributed by atoms with Crippen molar-refractivity contribution >= 4 is 44.5 Å². The summed E-state index contributed by atoms with van der Waals surface area (Å²) in [6.07, 6.45) is 1.69. The fourth-order valence-corrected chi connectivity index (χ4v) is 3.46. The fourth-order valence-electron chi connectivity index (χ4n) is 1.93. The van der Waals surface area contributed by atoms with Crippen LogP contribution in [0, 0.1) is 0 Å². The Balaban J connectivity index is 1.92. The lowest BCUT2D eigenvalue weighted by atomic mass is 10.2. The van der Waals surface area contributed by atoms with Gasteiger partial charge in [-0.25, -0.2) is 13.2 Å². The van der Waals surface area contributed by atoms with Crippen LogP contribution in [0.25, 0.3) is 0 Å². The summed E-state index contributed by atoms with van der Waals surface area (Å²) in [6.45, 7) is 0.0510. The predicted molar refractivity (Wildman–Crippen MR) is 92.7 cm³/mol. The van der Waals surface area contributed by atoms with Crippen molar-refractivity contribution in [2.75, 3.05) is 12.9 Å². The van der Waals surface area contributed by atoms with Gasteiger partial charge in [0.1, 0.15) is 0 Å². The molecule has 0 unspecified atom stereocenters. The van der Waals surface area contributed by atoms with Gasteiger partial charge < -0.3 is 4.74 Å². The number of ketones is 1. The first-order valence-electron chi connectivity index (χ1n) is 7.02. The number of Topliss-reactive ketones (excluding diaryl/α,β-unsaturated/α-hetero) is 1. The molecule has 0 bridgehead atoms. The maximum Gasteiger partial charge on any atom is 0.339 e. The molecule has 0 radical (unpaired) electrons. The summed E-state index contributed by atoms with van der Waals surface area (Å²) in [5.74, 6) is -0.716. The van der Waals surface area contributed by atoms with E-state index in [1.165, 1.54) is 29.5 Å². The molecule has 128 valence electrons. The number of rotatable bonds is 7. The second kappa shape index (κ2) is 7.92. The fraction of sp³-hybridized carbons (Fsp3) is 0.250. The highest BCUT2D eigenvalue weighted by Crippen LogP contribution is 2.21. The molecule has 2 rings (SSSR count). The van der Waals surface area contributed by atoms with Crippen molar-refractivity contribution in [1.29, 1.82) is 0 Å². The molecule has 0 aliphatic carbocycles. The number of halogens is 1. The third kappa shape index (κ3) is 4.90. The lowest BCUT2D eigenvalue weighted by Crippen LogP contribution is -2.10. The largest absolute Gasteiger partial charge is 0.462 e. The summed E-state index contributed by atoms with van der Waals surface area (Å²) in [5, 5.41) is 1.94. The molecule has 1 aromatic heterocycles. The van der Waals surface area contributed by atoms with Crippen LogP contribution in [0.5, 0.6) is 0 Å². The molecular formula is C16H15ClO5S2. The van der Waals surface area contributed by atoms with E-state index in [2.05, 4.69) is 0 Å². The van der Waals surface area contributed by atoms with Gasteiger partial charge in [-0.3, -0.25) is 4.79 Å². The average molecular weight is 387 g/mol. The van der Waals surface area contributed by atoms with Crippen molar-refractivity contribution in [2.45, 2.75) is 17.7 Å². The maximum atomic E-state index is 12.0. The Bertz CT molecular complexity index is 841. The Labute approximate surface area is 149 Å². The SMILES string of the molecule is CS(=O)(=O)c1ccc(Cl)c(C(=O)OCCCC(=O)c2cccs2)c1. The van der Waals surface area contributed by atoms with Crippen molar-refractivity contribution in [3.05, 3.63) is 51.2 Å². The van der Waals surface area contributed by atoms with Crippen LogP contribution in [0.1, 0.15) is 32.9 Å². The number of thiophene rings is 1. The minimum atomic E-state index is -3.45. The molecule has 0 fully saturated rings. The van der Waals surface area contributed by atoms with Gasteiger partial charge in [-0.15, -0.1) is 11.3 Å². The van der Waals surface area contributed by atoms with Crippen molar-refractivity contribution in [3.63, 3.8) is 0 Å². The molecule has 0 atom stereocenters.